The molecule has 0 radical (unpaired) electrons. The summed E-state index contributed by atoms with van der Waals surface area (Å²) in [5.41, 5.74) is 0.896. The van der Waals surface area contributed by atoms with Crippen LogP contribution in [0.5, 0.6) is 0 Å². The van der Waals surface area contributed by atoms with E-state index in [-0.39, 0.29) is 30.7 Å². The topological polar surface area (TPSA) is 66.9 Å². The van der Waals surface area contributed by atoms with Crippen molar-refractivity contribution in [3.8, 4) is 0 Å². The minimum Gasteiger partial charge on any atom is -0.463 e. The first-order valence-electron chi connectivity index (χ1n) is 7.70. The minimum atomic E-state index is -0.524. The molecule has 0 atom stereocenters. The smallest absolute Gasteiger partial charge is 0.333 e. The Kier molecular flexibility index (Phi) is 6.90. The summed E-state index contributed by atoms with van der Waals surface area (Å²) in [4.78, 5) is 38.9. The lowest BCUT2D eigenvalue weighted by Gasteiger charge is -2.22. The number of amides is 2. The Hall–Kier alpha value is -1.99. The molecule has 0 unspecified atom stereocenters. The summed E-state index contributed by atoms with van der Waals surface area (Å²) < 4.78 is 4.86. The van der Waals surface area contributed by atoms with Crippen LogP contribution in [-0.2, 0) is 25.7 Å². The van der Waals surface area contributed by atoms with Crippen molar-refractivity contribution in [2.75, 3.05) is 26.0 Å². The zero-order valence-corrected chi connectivity index (χ0v) is 15.6. The number of carbonyl (C=O) groups is 3. The Balaban J connectivity index is 2.01. The fraction of sp³-hybridized carbons (Fsp3) is 0.353. The second-order valence-corrected chi connectivity index (χ2v) is 6.81. The summed E-state index contributed by atoms with van der Waals surface area (Å²) in [5, 5.41) is 1.04. The van der Waals surface area contributed by atoms with E-state index < -0.39 is 5.97 Å². The van der Waals surface area contributed by atoms with Gasteiger partial charge in [0, 0.05) is 18.6 Å². The molecule has 1 aliphatic rings. The molecule has 0 bridgehead atoms. The molecule has 6 nitrogen and oxygen atoms in total. The highest BCUT2D eigenvalue weighted by Gasteiger charge is 2.30. The maximum absolute atomic E-state index is 12.4. The van der Waals surface area contributed by atoms with Crippen LogP contribution in [0, 0.1) is 0 Å². The van der Waals surface area contributed by atoms with Crippen LogP contribution < -0.4 is 0 Å². The van der Waals surface area contributed by atoms with Crippen molar-refractivity contribution in [1.29, 1.82) is 0 Å². The fourth-order valence-corrected chi connectivity index (χ4v) is 3.38. The highest BCUT2D eigenvalue weighted by Crippen LogP contribution is 2.28. The molecular weight excluding hydrogens is 364 g/mol. The number of hydrogen-bond acceptors (Lipinski definition) is 5. The molecule has 1 fully saturated rings. The third kappa shape index (κ3) is 5.51. The van der Waals surface area contributed by atoms with Gasteiger partial charge >= 0.3 is 5.97 Å². The van der Waals surface area contributed by atoms with E-state index in [1.165, 1.54) is 27.6 Å². The quantitative estimate of drug-likeness (QED) is 0.557. The van der Waals surface area contributed by atoms with E-state index in [9.17, 15) is 14.4 Å². The first kappa shape index (κ1) is 19.3. The Labute approximate surface area is 155 Å². The van der Waals surface area contributed by atoms with Crippen LogP contribution in [0.4, 0.5) is 0 Å². The number of ether oxygens (including phenoxy) is 1. The lowest BCUT2D eigenvalue weighted by atomic mass is 10.2. The molecule has 1 aliphatic heterocycles. The maximum Gasteiger partial charge on any atom is 0.333 e. The molecule has 1 aromatic carbocycles. The summed E-state index contributed by atoms with van der Waals surface area (Å²) >= 11 is 7.17. The van der Waals surface area contributed by atoms with Gasteiger partial charge in [-0.05, 0) is 24.6 Å². The summed E-state index contributed by atoms with van der Waals surface area (Å²) in [6, 6.07) is 7.24. The number of rotatable bonds is 6. The van der Waals surface area contributed by atoms with Gasteiger partial charge in [-0.15, -0.1) is 0 Å². The van der Waals surface area contributed by atoms with E-state index in [0.29, 0.717) is 16.6 Å². The molecule has 0 saturated carbocycles. The average molecular weight is 383 g/mol. The normalized spacial score (nSPS) is 15.6. The number of benzene rings is 1. The van der Waals surface area contributed by atoms with E-state index in [0.717, 1.165) is 5.56 Å². The predicted molar refractivity (Wildman–Crippen MR) is 96.8 cm³/mol. The molecule has 0 N–H and O–H groups in total. The van der Waals surface area contributed by atoms with Crippen LogP contribution in [0.1, 0.15) is 12.5 Å². The van der Waals surface area contributed by atoms with Gasteiger partial charge in [-0.2, -0.15) is 0 Å². The zero-order valence-electron chi connectivity index (χ0n) is 14.0. The second-order valence-electron chi connectivity index (χ2n) is 5.38. The molecular formula is C17H19ClN2O4S. The Morgan fingerprint density at radius 1 is 1.44 bits per heavy atom. The molecule has 25 heavy (non-hydrogen) atoms. The van der Waals surface area contributed by atoms with Crippen molar-refractivity contribution in [1.82, 2.24) is 9.80 Å². The van der Waals surface area contributed by atoms with E-state index in [2.05, 4.69) is 0 Å². The first-order valence-corrected chi connectivity index (χ1v) is 9.07. The maximum atomic E-state index is 12.4. The van der Waals surface area contributed by atoms with E-state index in [1.54, 1.807) is 26.1 Å². The fourth-order valence-electron chi connectivity index (χ4n) is 2.24. The molecule has 1 saturated heterocycles. The number of halogens is 1. The zero-order chi connectivity index (χ0) is 18.4. The van der Waals surface area contributed by atoms with Gasteiger partial charge in [0.15, 0.2) is 0 Å². The molecule has 8 heteroatoms. The van der Waals surface area contributed by atoms with E-state index in [4.69, 9.17) is 16.3 Å². The lowest BCUT2D eigenvalue weighted by molar-refractivity contribution is -0.138. The molecule has 1 aromatic rings. The van der Waals surface area contributed by atoms with Crippen LogP contribution >= 0.6 is 23.4 Å². The van der Waals surface area contributed by atoms with Gasteiger partial charge in [0.2, 0.25) is 11.8 Å². The Morgan fingerprint density at radius 3 is 2.88 bits per heavy atom. The third-order valence-corrected chi connectivity index (χ3v) is 4.73. The van der Waals surface area contributed by atoms with Gasteiger partial charge in [0.25, 0.3) is 0 Å². The number of hydrogen-bond donors (Lipinski definition) is 0. The van der Waals surface area contributed by atoms with Crippen molar-refractivity contribution >= 4 is 41.1 Å². The second kappa shape index (κ2) is 8.92. The lowest BCUT2D eigenvalue weighted by Crippen LogP contribution is -2.38. The van der Waals surface area contributed by atoms with E-state index >= 15 is 0 Å². The van der Waals surface area contributed by atoms with Gasteiger partial charge in [-0.3, -0.25) is 14.5 Å². The van der Waals surface area contributed by atoms with Gasteiger partial charge in [-0.1, -0.05) is 35.5 Å². The number of nitrogens with zero attached hydrogens (tertiary/aromatic N) is 2. The number of carbonyl (C=O) groups excluding carboxylic acids is 3. The number of thioether (sulfide) groups is 1. The molecule has 0 aliphatic carbocycles. The van der Waals surface area contributed by atoms with Crippen LogP contribution in [-0.4, -0.2) is 53.5 Å². The van der Waals surface area contributed by atoms with Gasteiger partial charge < -0.3 is 9.64 Å². The Bertz CT molecular complexity index is 708. The molecule has 2 amide bonds. The molecule has 0 spiro atoms. The van der Waals surface area contributed by atoms with Crippen molar-refractivity contribution in [3.63, 3.8) is 0 Å². The van der Waals surface area contributed by atoms with Gasteiger partial charge in [-0.25, -0.2) is 4.79 Å². The van der Waals surface area contributed by atoms with Crippen molar-refractivity contribution in [2.24, 2.45) is 0 Å². The van der Waals surface area contributed by atoms with Crippen LogP contribution in [0.15, 0.2) is 35.4 Å². The van der Waals surface area contributed by atoms with Crippen LogP contribution in [0.3, 0.4) is 0 Å². The summed E-state index contributed by atoms with van der Waals surface area (Å²) in [6.07, 6.45) is 1.25. The Morgan fingerprint density at radius 2 is 2.20 bits per heavy atom. The number of esters is 1. The minimum absolute atomic E-state index is 0.117. The van der Waals surface area contributed by atoms with Crippen molar-refractivity contribution in [2.45, 2.75) is 13.5 Å². The molecule has 1 heterocycles. The first-order chi connectivity index (χ1) is 11.9. The average Bonchev–Trinajstić information content (AvgIpc) is 2.88. The summed E-state index contributed by atoms with van der Waals surface area (Å²) in [6.45, 7) is 2.22. The van der Waals surface area contributed by atoms with Gasteiger partial charge in [0.1, 0.15) is 6.54 Å². The van der Waals surface area contributed by atoms with Crippen molar-refractivity contribution in [3.05, 3.63) is 46.0 Å². The van der Waals surface area contributed by atoms with Crippen LogP contribution in [0.2, 0.25) is 5.02 Å². The molecule has 134 valence electrons. The molecule has 0 aromatic heterocycles. The largest absolute Gasteiger partial charge is 0.463 e. The summed E-state index contributed by atoms with van der Waals surface area (Å²) in [5.74, 6) is -0.753. The molecule has 2 rings (SSSR count). The standard InChI is InChI=1S/C17H19ClN2O4S/c1-3-24-17(23)8-16-20(15(22)11-25-16)10-14(21)19(2)9-12-5-4-6-13(18)7-12/h4-8H,3,9-11H2,1-2H3/b16-8+. The third-order valence-electron chi connectivity index (χ3n) is 3.47. The van der Waals surface area contributed by atoms with Crippen LogP contribution in [0.25, 0.3) is 0 Å². The highest BCUT2D eigenvalue weighted by atomic mass is 35.5. The number of likely N-dealkylation sites (N-methyl/N-ethyl adjacent to an activating group) is 1. The highest BCUT2D eigenvalue weighted by molar-refractivity contribution is 8.04. The summed E-state index contributed by atoms with van der Waals surface area (Å²) in [7, 11) is 1.66. The van der Waals surface area contributed by atoms with Gasteiger partial charge in [0.05, 0.1) is 23.5 Å². The monoisotopic (exact) mass is 382 g/mol. The van der Waals surface area contributed by atoms with Crippen molar-refractivity contribution < 1.29 is 19.1 Å². The van der Waals surface area contributed by atoms with E-state index in [1.807, 2.05) is 12.1 Å². The predicted octanol–water partition coefficient (Wildman–Crippen LogP) is 2.28. The SMILES string of the molecule is CCOC(=O)/C=C1/SCC(=O)N1CC(=O)N(C)Cc1cccc(Cl)c1.